The molecule has 0 bridgehead atoms. The third kappa shape index (κ3) is 5.14. The van der Waals surface area contributed by atoms with Gasteiger partial charge in [0, 0.05) is 18.7 Å². The molecule has 2 aromatic rings. The van der Waals surface area contributed by atoms with Gasteiger partial charge >= 0.3 is 6.03 Å². The van der Waals surface area contributed by atoms with Crippen LogP contribution in [-0.4, -0.2) is 29.4 Å². The molecule has 3 rings (SSSR count). The second kappa shape index (κ2) is 9.69. The summed E-state index contributed by atoms with van der Waals surface area (Å²) in [5, 5.41) is 5.51. The van der Waals surface area contributed by atoms with Crippen molar-refractivity contribution in [3.8, 4) is 0 Å². The lowest BCUT2D eigenvalue weighted by Gasteiger charge is -2.39. The molecule has 1 fully saturated rings. The average Bonchev–Trinajstić information content (AvgIpc) is 2.75. The van der Waals surface area contributed by atoms with Gasteiger partial charge in [-0.1, -0.05) is 37.3 Å². The molecule has 0 saturated carbocycles. The normalized spacial score (nSPS) is 19.8. The number of rotatable bonds is 5. The van der Waals surface area contributed by atoms with Gasteiger partial charge in [-0.3, -0.25) is 4.79 Å². The van der Waals surface area contributed by atoms with E-state index in [9.17, 15) is 18.4 Å². The molecule has 0 aromatic heterocycles. The zero-order valence-electron chi connectivity index (χ0n) is 17.2. The third-order valence-corrected chi connectivity index (χ3v) is 5.57. The molecule has 2 N–H and O–H groups in total. The van der Waals surface area contributed by atoms with Crippen LogP contribution in [0, 0.1) is 17.6 Å². The van der Waals surface area contributed by atoms with E-state index in [0.717, 1.165) is 24.1 Å². The Morgan fingerprint density at radius 1 is 1.13 bits per heavy atom. The quantitative estimate of drug-likeness (QED) is 0.732. The first-order valence-corrected chi connectivity index (χ1v) is 10.3. The van der Waals surface area contributed by atoms with E-state index in [0.29, 0.717) is 12.8 Å². The fraction of sp³-hybridized carbons (Fsp3) is 0.391. The van der Waals surface area contributed by atoms with Gasteiger partial charge in [0.05, 0.1) is 17.6 Å². The molecule has 7 heteroatoms. The lowest BCUT2D eigenvalue weighted by atomic mass is 9.88. The summed E-state index contributed by atoms with van der Waals surface area (Å²) >= 11 is 0. The second-order valence-electron chi connectivity index (χ2n) is 7.73. The van der Waals surface area contributed by atoms with E-state index >= 15 is 0 Å². The first-order chi connectivity index (χ1) is 14.4. The van der Waals surface area contributed by atoms with Gasteiger partial charge in [0.15, 0.2) is 0 Å². The van der Waals surface area contributed by atoms with Crippen molar-refractivity contribution < 1.29 is 18.4 Å². The van der Waals surface area contributed by atoms with Crippen molar-refractivity contribution in [3.05, 3.63) is 65.7 Å². The minimum absolute atomic E-state index is 0.0555. The van der Waals surface area contributed by atoms with Crippen LogP contribution < -0.4 is 10.6 Å². The van der Waals surface area contributed by atoms with Crippen molar-refractivity contribution >= 4 is 17.6 Å². The fourth-order valence-electron chi connectivity index (χ4n) is 3.67. The number of piperidine rings is 1. The molecule has 0 aliphatic carbocycles. The van der Waals surface area contributed by atoms with Gasteiger partial charge in [-0.15, -0.1) is 0 Å². The molecule has 3 amide bonds. The van der Waals surface area contributed by atoms with Crippen LogP contribution in [0.25, 0.3) is 0 Å². The molecule has 5 nitrogen and oxygen atoms in total. The van der Waals surface area contributed by atoms with Crippen LogP contribution in [-0.2, 0) is 4.79 Å². The standard InChI is InChI=1S/C23H27F2N3O2/c1-3-15(2)26-22(29)17-9-12-21(16-7-5-4-6-8-16)28(14-17)23(30)27-20-11-10-18(24)13-19(20)25/h4-8,10-11,13,15,17,21H,3,9,12,14H2,1-2H3,(H,26,29)(H,27,30)/t15-,17-,21-/m0/s1. The third-order valence-electron chi connectivity index (χ3n) is 5.57. The highest BCUT2D eigenvalue weighted by atomic mass is 19.1. The zero-order chi connectivity index (χ0) is 21.7. The van der Waals surface area contributed by atoms with E-state index in [4.69, 9.17) is 0 Å². The first kappa shape index (κ1) is 21.7. The van der Waals surface area contributed by atoms with Gasteiger partial charge in [0.2, 0.25) is 5.91 Å². The van der Waals surface area contributed by atoms with Crippen LogP contribution in [0.15, 0.2) is 48.5 Å². The number of halogens is 2. The van der Waals surface area contributed by atoms with E-state index in [-0.39, 0.29) is 36.1 Å². The number of nitrogens with zero attached hydrogens (tertiary/aromatic N) is 1. The molecule has 0 spiro atoms. The summed E-state index contributed by atoms with van der Waals surface area (Å²) in [5.41, 5.74) is 0.854. The van der Waals surface area contributed by atoms with Crippen LogP contribution in [0.4, 0.5) is 19.3 Å². The molecule has 3 atom stereocenters. The Morgan fingerprint density at radius 2 is 1.87 bits per heavy atom. The van der Waals surface area contributed by atoms with Crippen molar-refractivity contribution in [1.82, 2.24) is 10.2 Å². The van der Waals surface area contributed by atoms with Crippen LogP contribution in [0.5, 0.6) is 0 Å². The SMILES string of the molecule is CC[C@H](C)NC(=O)[C@H]1CC[C@@H](c2ccccc2)N(C(=O)Nc2ccc(F)cc2F)C1. The Bertz CT molecular complexity index is 891. The highest BCUT2D eigenvalue weighted by Gasteiger charge is 2.36. The van der Waals surface area contributed by atoms with Gasteiger partial charge in [-0.2, -0.15) is 0 Å². The number of hydrogen-bond donors (Lipinski definition) is 2. The number of benzene rings is 2. The van der Waals surface area contributed by atoms with E-state index in [2.05, 4.69) is 10.6 Å². The summed E-state index contributed by atoms with van der Waals surface area (Å²) in [7, 11) is 0. The first-order valence-electron chi connectivity index (χ1n) is 10.3. The summed E-state index contributed by atoms with van der Waals surface area (Å²) in [4.78, 5) is 27.3. The monoisotopic (exact) mass is 415 g/mol. The van der Waals surface area contributed by atoms with Crippen molar-refractivity contribution in [2.75, 3.05) is 11.9 Å². The number of carbonyl (C=O) groups excluding carboxylic acids is 2. The molecular formula is C23H27F2N3O2. The van der Waals surface area contributed by atoms with Gasteiger partial charge in [0.1, 0.15) is 11.6 Å². The predicted octanol–water partition coefficient (Wildman–Crippen LogP) is 4.86. The second-order valence-corrected chi connectivity index (χ2v) is 7.73. The smallest absolute Gasteiger partial charge is 0.322 e. The van der Waals surface area contributed by atoms with Crippen molar-refractivity contribution in [2.24, 2.45) is 5.92 Å². The van der Waals surface area contributed by atoms with Crippen LogP contribution in [0.3, 0.4) is 0 Å². The summed E-state index contributed by atoms with van der Waals surface area (Å²) in [5.74, 6) is -1.99. The van der Waals surface area contributed by atoms with Gasteiger partial charge in [-0.25, -0.2) is 13.6 Å². The van der Waals surface area contributed by atoms with Crippen LogP contribution in [0.2, 0.25) is 0 Å². The molecule has 1 saturated heterocycles. The molecular weight excluding hydrogens is 388 g/mol. The number of likely N-dealkylation sites (tertiary alicyclic amines) is 1. The average molecular weight is 415 g/mol. The Morgan fingerprint density at radius 3 is 2.53 bits per heavy atom. The summed E-state index contributed by atoms with van der Waals surface area (Å²) < 4.78 is 27.2. The van der Waals surface area contributed by atoms with E-state index < -0.39 is 17.7 Å². The highest BCUT2D eigenvalue weighted by molar-refractivity contribution is 5.90. The van der Waals surface area contributed by atoms with Crippen LogP contribution >= 0.6 is 0 Å². The maximum absolute atomic E-state index is 14.0. The minimum Gasteiger partial charge on any atom is -0.353 e. The zero-order valence-corrected chi connectivity index (χ0v) is 17.2. The van der Waals surface area contributed by atoms with Crippen LogP contribution in [0.1, 0.15) is 44.7 Å². The Hall–Kier alpha value is -2.96. The summed E-state index contributed by atoms with van der Waals surface area (Å²) in [6.07, 6.45) is 2.08. The van der Waals surface area contributed by atoms with E-state index in [1.807, 2.05) is 44.2 Å². The number of nitrogens with one attached hydrogen (secondary N) is 2. The summed E-state index contributed by atoms with van der Waals surface area (Å²) in [6.45, 7) is 4.15. The number of anilines is 1. The Kier molecular flexibility index (Phi) is 7.03. The molecule has 0 radical (unpaired) electrons. The Labute approximate surface area is 175 Å². The highest BCUT2D eigenvalue weighted by Crippen LogP contribution is 2.34. The number of urea groups is 1. The largest absolute Gasteiger partial charge is 0.353 e. The molecule has 160 valence electrons. The maximum atomic E-state index is 14.0. The van der Waals surface area contributed by atoms with Gasteiger partial charge < -0.3 is 15.5 Å². The van der Waals surface area contributed by atoms with Crippen molar-refractivity contribution in [2.45, 2.75) is 45.2 Å². The van der Waals surface area contributed by atoms with E-state index in [1.165, 1.54) is 6.07 Å². The lowest BCUT2D eigenvalue weighted by Crippen LogP contribution is -2.49. The molecule has 0 unspecified atom stereocenters. The van der Waals surface area contributed by atoms with Gasteiger partial charge in [0.25, 0.3) is 0 Å². The van der Waals surface area contributed by atoms with Crippen molar-refractivity contribution in [3.63, 3.8) is 0 Å². The number of hydrogen-bond acceptors (Lipinski definition) is 2. The molecule has 1 aliphatic heterocycles. The maximum Gasteiger partial charge on any atom is 0.322 e. The number of carbonyl (C=O) groups is 2. The van der Waals surface area contributed by atoms with Crippen molar-refractivity contribution in [1.29, 1.82) is 0 Å². The summed E-state index contributed by atoms with van der Waals surface area (Å²) in [6, 6.07) is 11.9. The molecule has 1 aliphatic rings. The fourth-order valence-corrected chi connectivity index (χ4v) is 3.67. The number of amides is 3. The van der Waals surface area contributed by atoms with E-state index in [1.54, 1.807) is 4.90 Å². The lowest BCUT2D eigenvalue weighted by molar-refractivity contribution is -0.127. The molecule has 2 aromatic carbocycles. The predicted molar refractivity (Wildman–Crippen MR) is 112 cm³/mol. The Balaban J connectivity index is 1.81. The topological polar surface area (TPSA) is 61.4 Å². The molecule has 1 heterocycles. The molecule has 30 heavy (non-hydrogen) atoms. The van der Waals surface area contributed by atoms with Gasteiger partial charge in [-0.05, 0) is 43.9 Å². The minimum atomic E-state index is -0.845.